The third kappa shape index (κ3) is 3.42. The van der Waals surface area contributed by atoms with Crippen LogP contribution in [-0.4, -0.2) is 30.0 Å². The lowest BCUT2D eigenvalue weighted by Gasteiger charge is -2.17. The molecule has 1 aliphatic heterocycles. The Balaban J connectivity index is 1.84. The molecule has 2 aromatic rings. The second-order valence-electron chi connectivity index (χ2n) is 5.70. The molecule has 3 rings (SSSR count). The fraction of sp³-hybridized carbons (Fsp3) is 0.316. The predicted octanol–water partition coefficient (Wildman–Crippen LogP) is 4.24. The summed E-state index contributed by atoms with van der Waals surface area (Å²) in [6.07, 6.45) is 4.58. The van der Waals surface area contributed by atoms with Crippen molar-refractivity contribution in [3.63, 3.8) is 0 Å². The molecule has 0 unspecified atom stereocenters. The van der Waals surface area contributed by atoms with Crippen LogP contribution in [0.1, 0.15) is 34.3 Å². The lowest BCUT2D eigenvalue weighted by Crippen LogP contribution is -2.20. The van der Waals surface area contributed by atoms with Gasteiger partial charge in [-0.25, -0.2) is 0 Å². The van der Waals surface area contributed by atoms with E-state index in [4.69, 9.17) is 0 Å². The Labute approximate surface area is 136 Å². The van der Waals surface area contributed by atoms with Crippen LogP contribution in [0.5, 0.6) is 0 Å². The second-order valence-corrected chi connectivity index (χ2v) is 6.58. The van der Waals surface area contributed by atoms with Crippen LogP contribution in [0.4, 0.5) is 0 Å². The van der Waals surface area contributed by atoms with E-state index in [2.05, 4.69) is 11.0 Å². The van der Waals surface area contributed by atoms with Gasteiger partial charge in [-0.15, -0.1) is 11.8 Å². The SMILES string of the molecule is CSc1ccc(C(=O)c2ccccc2CN2CCCC2)cc1. The van der Waals surface area contributed by atoms with Crippen molar-refractivity contribution < 1.29 is 4.79 Å². The zero-order valence-electron chi connectivity index (χ0n) is 12.9. The second kappa shape index (κ2) is 7.12. The van der Waals surface area contributed by atoms with Crippen molar-refractivity contribution in [2.45, 2.75) is 24.3 Å². The number of carbonyl (C=O) groups is 1. The van der Waals surface area contributed by atoms with Gasteiger partial charge in [0.1, 0.15) is 0 Å². The summed E-state index contributed by atoms with van der Waals surface area (Å²) in [6, 6.07) is 15.9. The zero-order valence-corrected chi connectivity index (χ0v) is 13.7. The quantitative estimate of drug-likeness (QED) is 0.608. The fourth-order valence-electron chi connectivity index (χ4n) is 2.96. The van der Waals surface area contributed by atoms with Crippen LogP contribution in [0.25, 0.3) is 0 Å². The maximum atomic E-state index is 12.8. The normalized spacial score (nSPS) is 15.1. The topological polar surface area (TPSA) is 20.3 Å². The van der Waals surface area contributed by atoms with E-state index in [0.29, 0.717) is 0 Å². The van der Waals surface area contributed by atoms with Crippen molar-refractivity contribution in [2.75, 3.05) is 19.3 Å². The van der Waals surface area contributed by atoms with Gasteiger partial charge in [0.15, 0.2) is 5.78 Å². The Morgan fingerprint density at radius 2 is 1.73 bits per heavy atom. The zero-order chi connectivity index (χ0) is 15.4. The highest BCUT2D eigenvalue weighted by Crippen LogP contribution is 2.21. The minimum atomic E-state index is 0.127. The summed E-state index contributed by atoms with van der Waals surface area (Å²) in [5, 5.41) is 0. The van der Waals surface area contributed by atoms with Gasteiger partial charge < -0.3 is 0 Å². The third-order valence-corrected chi connectivity index (χ3v) is 4.95. The van der Waals surface area contributed by atoms with Gasteiger partial charge in [0.25, 0.3) is 0 Å². The Kier molecular flexibility index (Phi) is 4.96. The van der Waals surface area contributed by atoms with Crippen LogP contribution in [-0.2, 0) is 6.54 Å². The molecule has 2 aromatic carbocycles. The first-order chi connectivity index (χ1) is 10.8. The molecule has 1 fully saturated rings. The van der Waals surface area contributed by atoms with E-state index in [1.807, 2.05) is 48.7 Å². The van der Waals surface area contributed by atoms with E-state index in [0.717, 1.165) is 36.3 Å². The molecule has 0 aromatic heterocycles. The molecule has 0 spiro atoms. The van der Waals surface area contributed by atoms with Crippen LogP contribution >= 0.6 is 11.8 Å². The first-order valence-corrected chi connectivity index (χ1v) is 8.99. The number of ketones is 1. The molecule has 1 saturated heterocycles. The number of likely N-dealkylation sites (tertiary alicyclic amines) is 1. The average Bonchev–Trinajstić information content (AvgIpc) is 3.08. The largest absolute Gasteiger partial charge is 0.299 e. The molecule has 22 heavy (non-hydrogen) atoms. The third-order valence-electron chi connectivity index (χ3n) is 4.21. The van der Waals surface area contributed by atoms with Gasteiger partial charge in [-0.3, -0.25) is 9.69 Å². The lowest BCUT2D eigenvalue weighted by atomic mass is 9.98. The van der Waals surface area contributed by atoms with Gasteiger partial charge in [0, 0.05) is 22.6 Å². The van der Waals surface area contributed by atoms with Crippen molar-refractivity contribution in [3.8, 4) is 0 Å². The molecule has 0 radical (unpaired) electrons. The standard InChI is InChI=1S/C19H21NOS/c1-22-17-10-8-15(9-11-17)19(21)18-7-3-2-6-16(18)14-20-12-4-5-13-20/h2-3,6-11H,4-5,12-14H2,1H3. The van der Waals surface area contributed by atoms with Crippen LogP contribution < -0.4 is 0 Å². The van der Waals surface area contributed by atoms with Crippen LogP contribution in [0.15, 0.2) is 53.4 Å². The van der Waals surface area contributed by atoms with E-state index in [9.17, 15) is 4.79 Å². The summed E-state index contributed by atoms with van der Waals surface area (Å²) in [4.78, 5) is 16.4. The molecular formula is C19H21NOS. The Morgan fingerprint density at radius 1 is 1.05 bits per heavy atom. The number of rotatable bonds is 5. The van der Waals surface area contributed by atoms with Gasteiger partial charge in [0.05, 0.1) is 0 Å². The van der Waals surface area contributed by atoms with Gasteiger partial charge in [-0.05, 0) is 62.0 Å². The van der Waals surface area contributed by atoms with Gasteiger partial charge in [-0.1, -0.05) is 24.3 Å². The molecule has 0 amide bonds. The monoisotopic (exact) mass is 311 g/mol. The minimum Gasteiger partial charge on any atom is -0.299 e. The van der Waals surface area contributed by atoms with Gasteiger partial charge in [0.2, 0.25) is 0 Å². The summed E-state index contributed by atoms with van der Waals surface area (Å²) in [5.41, 5.74) is 2.75. The molecule has 2 nitrogen and oxygen atoms in total. The molecule has 0 saturated carbocycles. The van der Waals surface area contributed by atoms with Gasteiger partial charge >= 0.3 is 0 Å². The van der Waals surface area contributed by atoms with Crippen molar-refractivity contribution in [1.82, 2.24) is 4.90 Å². The number of hydrogen-bond donors (Lipinski definition) is 0. The summed E-state index contributed by atoms with van der Waals surface area (Å²) < 4.78 is 0. The van der Waals surface area contributed by atoms with Crippen molar-refractivity contribution in [1.29, 1.82) is 0 Å². The summed E-state index contributed by atoms with van der Waals surface area (Å²) >= 11 is 1.69. The number of nitrogens with zero attached hydrogens (tertiary/aromatic N) is 1. The molecule has 0 aliphatic carbocycles. The molecule has 0 bridgehead atoms. The fourth-order valence-corrected chi connectivity index (χ4v) is 3.37. The maximum absolute atomic E-state index is 12.8. The smallest absolute Gasteiger partial charge is 0.193 e. The molecule has 1 heterocycles. The summed E-state index contributed by atoms with van der Waals surface area (Å²) in [5.74, 6) is 0.127. The molecule has 0 atom stereocenters. The summed E-state index contributed by atoms with van der Waals surface area (Å²) in [6.45, 7) is 3.17. The number of hydrogen-bond acceptors (Lipinski definition) is 3. The first-order valence-electron chi connectivity index (χ1n) is 7.77. The Morgan fingerprint density at radius 3 is 2.41 bits per heavy atom. The van der Waals surface area contributed by atoms with E-state index in [1.54, 1.807) is 11.8 Å². The maximum Gasteiger partial charge on any atom is 0.193 e. The van der Waals surface area contributed by atoms with E-state index in [1.165, 1.54) is 17.7 Å². The first kappa shape index (κ1) is 15.3. The number of carbonyl (C=O) groups excluding carboxylic acids is 1. The molecule has 3 heteroatoms. The van der Waals surface area contributed by atoms with E-state index >= 15 is 0 Å². The van der Waals surface area contributed by atoms with Crippen molar-refractivity contribution in [3.05, 3.63) is 65.2 Å². The highest BCUT2D eigenvalue weighted by molar-refractivity contribution is 7.98. The Hall–Kier alpha value is -1.58. The van der Waals surface area contributed by atoms with Crippen LogP contribution in [0.2, 0.25) is 0 Å². The highest BCUT2D eigenvalue weighted by Gasteiger charge is 2.17. The Bertz CT molecular complexity index is 645. The van der Waals surface area contributed by atoms with Crippen LogP contribution in [0, 0.1) is 0 Å². The van der Waals surface area contributed by atoms with E-state index in [-0.39, 0.29) is 5.78 Å². The average molecular weight is 311 g/mol. The van der Waals surface area contributed by atoms with Crippen LogP contribution in [0.3, 0.4) is 0 Å². The van der Waals surface area contributed by atoms with E-state index < -0.39 is 0 Å². The van der Waals surface area contributed by atoms with Crippen molar-refractivity contribution in [2.24, 2.45) is 0 Å². The summed E-state index contributed by atoms with van der Waals surface area (Å²) in [7, 11) is 0. The molecular weight excluding hydrogens is 290 g/mol. The lowest BCUT2D eigenvalue weighted by molar-refractivity contribution is 0.103. The molecule has 1 aliphatic rings. The molecule has 114 valence electrons. The highest BCUT2D eigenvalue weighted by atomic mass is 32.2. The van der Waals surface area contributed by atoms with Gasteiger partial charge in [-0.2, -0.15) is 0 Å². The molecule has 0 N–H and O–H groups in total. The minimum absolute atomic E-state index is 0.127. The number of benzene rings is 2. The van der Waals surface area contributed by atoms with Crippen molar-refractivity contribution >= 4 is 17.5 Å². The number of thioether (sulfide) groups is 1. The predicted molar refractivity (Wildman–Crippen MR) is 92.6 cm³/mol.